The lowest BCUT2D eigenvalue weighted by atomic mass is 10.2. The minimum Gasteiger partial charge on any atom is -0.510 e. The maximum absolute atomic E-state index is 12.8. The molecule has 3 aromatic carbocycles. The Balaban J connectivity index is 1.74. The number of aliphatic hydroxyl groups is 1. The molecule has 0 fully saturated rings. The number of carbonyl (C=O) groups is 1. The quantitative estimate of drug-likeness (QED) is 0.0869. The van der Waals surface area contributed by atoms with E-state index in [2.05, 4.69) is 20.5 Å². The van der Waals surface area contributed by atoms with Crippen LogP contribution in [0.1, 0.15) is 12.5 Å². The molecule has 4 aromatic rings. The van der Waals surface area contributed by atoms with Crippen LogP contribution in [-0.2, 0) is 25.0 Å². The zero-order valence-electron chi connectivity index (χ0n) is 21.6. The monoisotopic (exact) mass is 618 g/mol. The minimum absolute atomic E-state index is 0.161. The van der Waals surface area contributed by atoms with Gasteiger partial charge < -0.3 is 15.2 Å². The molecule has 0 unspecified atom stereocenters. The highest BCUT2D eigenvalue weighted by molar-refractivity contribution is 7.86. The molecule has 0 bridgehead atoms. The molecule has 16 heteroatoms. The summed E-state index contributed by atoms with van der Waals surface area (Å²) in [6.45, 7) is 2.68. The molecular weight excluding hydrogens is 596 g/mol. The van der Waals surface area contributed by atoms with Crippen molar-refractivity contribution in [3.63, 3.8) is 0 Å². The topological polar surface area (TPSA) is 205 Å². The Morgan fingerprint density at radius 3 is 2.37 bits per heavy atom. The number of carbonyl (C=O) groups excluding carboxylic acids is 1. The summed E-state index contributed by atoms with van der Waals surface area (Å²) in [7, 11) is -8.06. The normalized spacial score (nSPS) is 12.9. The Hall–Kier alpha value is -4.22. The van der Waals surface area contributed by atoms with Gasteiger partial charge in [-0.05, 0) is 55.8 Å². The molecule has 0 aliphatic rings. The van der Waals surface area contributed by atoms with Crippen LogP contribution >= 0.6 is 11.3 Å². The molecule has 1 aromatic heterocycles. The van der Waals surface area contributed by atoms with Gasteiger partial charge in [0, 0.05) is 5.56 Å². The van der Waals surface area contributed by atoms with Crippen LogP contribution in [0.4, 0.5) is 11.4 Å². The van der Waals surface area contributed by atoms with Crippen LogP contribution in [0.25, 0.3) is 20.8 Å². The van der Waals surface area contributed by atoms with E-state index in [4.69, 9.17) is 4.74 Å². The van der Waals surface area contributed by atoms with E-state index < -0.39 is 42.5 Å². The second kappa shape index (κ2) is 11.3. The van der Waals surface area contributed by atoms with Crippen LogP contribution in [-0.4, -0.2) is 49.0 Å². The van der Waals surface area contributed by atoms with E-state index in [-0.39, 0.29) is 37.1 Å². The van der Waals surface area contributed by atoms with Crippen LogP contribution in [0.2, 0.25) is 0 Å². The molecule has 0 aliphatic carbocycles. The van der Waals surface area contributed by atoms with Crippen LogP contribution in [0.15, 0.2) is 86.1 Å². The number of hydrogen-bond acceptors (Lipinski definition) is 11. The van der Waals surface area contributed by atoms with Gasteiger partial charge in [-0.1, -0.05) is 18.2 Å². The first kappa shape index (κ1) is 29.8. The molecule has 1 heterocycles. The maximum Gasteiger partial charge on any atom is 0.296 e. The molecule has 0 aliphatic heterocycles. The largest absolute Gasteiger partial charge is 0.510 e. The van der Waals surface area contributed by atoms with E-state index in [1.54, 1.807) is 30.3 Å². The summed E-state index contributed by atoms with van der Waals surface area (Å²) in [4.78, 5) is 16.1. The van der Waals surface area contributed by atoms with Crippen molar-refractivity contribution < 1.29 is 40.6 Å². The summed E-state index contributed by atoms with van der Waals surface area (Å²) in [6, 6.07) is 13.1. The molecule has 0 radical (unpaired) electrons. The first-order chi connectivity index (χ1) is 19.2. The summed E-state index contributed by atoms with van der Waals surface area (Å²) >= 11 is 0.889. The third-order valence-electron chi connectivity index (χ3n) is 5.62. The number of nitrogens with zero attached hydrogens (tertiary/aromatic N) is 3. The lowest BCUT2D eigenvalue weighted by Crippen LogP contribution is -2.15. The number of anilines is 1. The van der Waals surface area contributed by atoms with E-state index in [9.17, 15) is 35.8 Å². The van der Waals surface area contributed by atoms with Gasteiger partial charge in [0.15, 0.2) is 5.70 Å². The van der Waals surface area contributed by atoms with E-state index >= 15 is 0 Å². The maximum atomic E-state index is 12.8. The van der Waals surface area contributed by atoms with Crippen LogP contribution in [0, 0.1) is 6.92 Å². The first-order valence-corrected chi connectivity index (χ1v) is 15.2. The predicted molar refractivity (Wildman–Crippen MR) is 151 cm³/mol. The molecule has 41 heavy (non-hydrogen) atoms. The number of rotatable bonds is 8. The number of nitrogens with one attached hydrogen (secondary N) is 1. The van der Waals surface area contributed by atoms with Crippen LogP contribution in [0.5, 0.6) is 5.75 Å². The summed E-state index contributed by atoms with van der Waals surface area (Å²) in [5, 5.41) is 20.3. The molecule has 0 atom stereocenters. The number of aryl methyl sites for hydroxylation is 1. The van der Waals surface area contributed by atoms with Gasteiger partial charge in [-0.3, -0.25) is 13.9 Å². The van der Waals surface area contributed by atoms with E-state index in [1.165, 1.54) is 39.2 Å². The third-order valence-corrected chi connectivity index (χ3v) is 8.81. The lowest BCUT2D eigenvalue weighted by Gasteiger charge is -2.10. The van der Waals surface area contributed by atoms with Gasteiger partial charge in [0.1, 0.15) is 32.0 Å². The SMILES string of the molecule is COc1ccccc1NC(=O)/C(N=Nc1ccc(-c2nc3ccc(C)c(S(=O)(=O)O)c3s2)cc1S(=O)(=O)O)=C(/C)O. The van der Waals surface area contributed by atoms with E-state index in [1.807, 2.05) is 0 Å². The average Bonchev–Trinajstić information content (AvgIpc) is 3.31. The number of benzene rings is 3. The molecular formula is C25H22N4O9S3. The fourth-order valence-electron chi connectivity index (χ4n) is 3.76. The molecule has 4 N–H and O–H groups in total. The molecule has 1 amide bonds. The number of allylic oxidation sites excluding steroid dienone is 1. The molecule has 13 nitrogen and oxygen atoms in total. The summed E-state index contributed by atoms with van der Waals surface area (Å²) in [6.07, 6.45) is 0. The van der Waals surface area contributed by atoms with Crippen molar-refractivity contribution in [3.05, 3.63) is 71.6 Å². The Bertz CT molecular complexity index is 1960. The van der Waals surface area contributed by atoms with Crippen molar-refractivity contribution in [1.82, 2.24) is 4.98 Å². The standard InChI is InChI=1S/C25H22N4O9S3/c1-13-8-10-18-22(23(13)41(35,36)37)39-25(27-18)15-9-11-17(20(12-15)40(32,33)34)28-29-21(14(2)30)24(31)26-16-6-4-5-7-19(16)38-3/h4-12,30H,1-3H3,(H,26,31)(H,32,33,34)(H,35,36,37)/b21-14+,29-28?. The highest BCUT2D eigenvalue weighted by Gasteiger charge is 2.23. The van der Waals surface area contributed by atoms with Crippen molar-refractivity contribution in [1.29, 1.82) is 0 Å². The Morgan fingerprint density at radius 1 is 1.02 bits per heavy atom. The molecule has 0 spiro atoms. The van der Waals surface area contributed by atoms with Gasteiger partial charge >= 0.3 is 0 Å². The van der Waals surface area contributed by atoms with Gasteiger partial charge in [0.05, 0.1) is 23.0 Å². The summed E-state index contributed by atoms with van der Waals surface area (Å²) < 4.78 is 73.3. The zero-order chi connectivity index (χ0) is 30.1. The van der Waals surface area contributed by atoms with E-state index in [0.717, 1.165) is 17.4 Å². The predicted octanol–water partition coefficient (Wildman–Crippen LogP) is 5.29. The number of para-hydroxylation sites is 2. The zero-order valence-corrected chi connectivity index (χ0v) is 24.0. The number of ether oxygens (including phenoxy) is 1. The molecule has 0 saturated heterocycles. The van der Waals surface area contributed by atoms with Gasteiger partial charge in [0.25, 0.3) is 26.1 Å². The minimum atomic E-state index is -4.89. The van der Waals surface area contributed by atoms with Crippen molar-refractivity contribution in [2.45, 2.75) is 23.6 Å². The summed E-state index contributed by atoms with van der Waals surface area (Å²) in [5.41, 5.74) is 0.0908. The highest BCUT2D eigenvalue weighted by atomic mass is 32.2. The fraction of sp³-hybridized carbons (Fsp3) is 0.120. The van der Waals surface area contributed by atoms with Gasteiger partial charge in [-0.25, -0.2) is 4.98 Å². The first-order valence-electron chi connectivity index (χ1n) is 11.5. The van der Waals surface area contributed by atoms with Gasteiger partial charge in [-0.15, -0.1) is 21.6 Å². The van der Waals surface area contributed by atoms with Crippen molar-refractivity contribution in [2.24, 2.45) is 10.2 Å². The Labute approximate surface area is 238 Å². The lowest BCUT2D eigenvalue weighted by molar-refractivity contribution is -0.113. The molecule has 0 saturated carbocycles. The smallest absolute Gasteiger partial charge is 0.296 e. The van der Waals surface area contributed by atoms with E-state index in [0.29, 0.717) is 11.3 Å². The number of amides is 1. The van der Waals surface area contributed by atoms with Crippen molar-refractivity contribution >= 4 is 59.1 Å². The van der Waals surface area contributed by atoms with Crippen LogP contribution < -0.4 is 10.1 Å². The summed E-state index contributed by atoms with van der Waals surface area (Å²) in [5.74, 6) is -1.06. The highest BCUT2D eigenvalue weighted by Crippen LogP contribution is 2.38. The Morgan fingerprint density at radius 2 is 1.73 bits per heavy atom. The number of hydrogen-bond donors (Lipinski definition) is 4. The number of aliphatic hydroxyl groups excluding tert-OH is 1. The van der Waals surface area contributed by atoms with Crippen LogP contribution in [0.3, 0.4) is 0 Å². The molecule has 4 rings (SSSR count). The second-order valence-electron chi connectivity index (χ2n) is 8.50. The molecule has 214 valence electrons. The van der Waals surface area contributed by atoms with Gasteiger partial charge in [-0.2, -0.15) is 16.8 Å². The fourth-order valence-corrected chi connectivity index (χ4v) is 6.72. The van der Waals surface area contributed by atoms with Crippen molar-refractivity contribution in [3.8, 4) is 16.3 Å². The number of aromatic nitrogens is 1. The average molecular weight is 619 g/mol. The third kappa shape index (κ3) is 6.41. The number of fused-ring (bicyclic) bond motifs is 1. The Kier molecular flexibility index (Phi) is 8.23. The number of azo groups is 1. The van der Waals surface area contributed by atoms with Crippen molar-refractivity contribution in [2.75, 3.05) is 12.4 Å². The second-order valence-corrected chi connectivity index (χ2v) is 12.2. The number of methoxy groups -OCH3 is 1. The number of thiazole rings is 1. The van der Waals surface area contributed by atoms with Gasteiger partial charge in [0.2, 0.25) is 0 Å².